The molecule has 3 atom stereocenters. The van der Waals surface area contributed by atoms with Crippen molar-refractivity contribution >= 4 is 22.8 Å². The smallest absolute Gasteiger partial charge is 0.308 e. The molecule has 2 heterocycles. The third-order valence-electron chi connectivity index (χ3n) is 4.76. The normalized spacial score (nSPS) is 23.0. The molecule has 0 bridgehead atoms. The molecule has 1 aromatic heterocycles. The lowest BCUT2D eigenvalue weighted by Crippen LogP contribution is -2.48. The zero-order valence-electron chi connectivity index (χ0n) is 13.4. The summed E-state index contributed by atoms with van der Waals surface area (Å²) in [6.07, 6.45) is 1.34. The van der Waals surface area contributed by atoms with Crippen molar-refractivity contribution < 1.29 is 19.1 Å². The number of nitrogens with zero attached hydrogens (tertiary/aromatic N) is 1. The molecule has 0 radical (unpaired) electrons. The number of piperidine rings is 1. The van der Waals surface area contributed by atoms with Gasteiger partial charge in [-0.1, -0.05) is 18.2 Å². The quantitative estimate of drug-likeness (QED) is 0.944. The Kier molecular flexibility index (Phi) is 4.11. The second-order valence-electron chi connectivity index (χ2n) is 6.36. The molecular formula is C18H21NO4. The molecule has 1 fully saturated rings. The summed E-state index contributed by atoms with van der Waals surface area (Å²) in [7, 11) is 0. The third kappa shape index (κ3) is 2.96. The average Bonchev–Trinajstić information content (AvgIpc) is 2.97. The van der Waals surface area contributed by atoms with E-state index >= 15 is 0 Å². The Labute approximate surface area is 134 Å². The van der Waals surface area contributed by atoms with Crippen LogP contribution in [0.3, 0.4) is 0 Å². The molecule has 0 aliphatic carbocycles. The van der Waals surface area contributed by atoms with Gasteiger partial charge in [0.2, 0.25) is 5.91 Å². The monoisotopic (exact) mass is 315 g/mol. The molecule has 3 rings (SSSR count). The highest BCUT2D eigenvalue weighted by molar-refractivity contribution is 5.86. The number of hydrogen-bond donors (Lipinski definition) is 1. The highest BCUT2D eigenvalue weighted by atomic mass is 16.4. The molecule has 23 heavy (non-hydrogen) atoms. The van der Waals surface area contributed by atoms with Gasteiger partial charge in [0.1, 0.15) is 11.3 Å². The maximum atomic E-state index is 12.8. The van der Waals surface area contributed by atoms with E-state index in [0.717, 1.165) is 17.4 Å². The molecule has 5 nitrogen and oxygen atoms in total. The zero-order chi connectivity index (χ0) is 16.6. The van der Waals surface area contributed by atoms with Crippen molar-refractivity contribution in [3.8, 4) is 0 Å². The van der Waals surface area contributed by atoms with Gasteiger partial charge in [-0.2, -0.15) is 0 Å². The topological polar surface area (TPSA) is 70.8 Å². The molecule has 0 spiro atoms. The van der Waals surface area contributed by atoms with E-state index in [2.05, 4.69) is 0 Å². The number of carbonyl (C=O) groups is 2. The first-order valence-corrected chi connectivity index (χ1v) is 7.99. The van der Waals surface area contributed by atoms with Crippen molar-refractivity contribution in [2.75, 3.05) is 6.54 Å². The van der Waals surface area contributed by atoms with Gasteiger partial charge in [0.05, 0.1) is 11.8 Å². The van der Waals surface area contributed by atoms with Gasteiger partial charge in [-0.3, -0.25) is 9.59 Å². The van der Waals surface area contributed by atoms with Gasteiger partial charge in [-0.05, 0) is 38.8 Å². The maximum Gasteiger partial charge on any atom is 0.308 e. The predicted octanol–water partition coefficient (Wildman–Crippen LogP) is 3.25. The van der Waals surface area contributed by atoms with Gasteiger partial charge >= 0.3 is 5.97 Å². The number of fused-ring (bicyclic) bond motifs is 1. The summed E-state index contributed by atoms with van der Waals surface area (Å²) in [5.41, 5.74) is 0.761. The lowest BCUT2D eigenvalue weighted by Gasteiger charge is -2.37. The fourth-order valence-electron chi connectivity index (χ4n) is 3.20. The molecule has 1 aliphatic heterocycles. The van der Waals surface area contributed by atoms with Gasteiger partial charge in [0.25, 0.3) is 0 Å². The van der Waals surface area contributed by atoms with Crippen LogP contribution in [0.15, 0.2) is 34.7 Å². The minimum atomic E-state index is -0.828. The number of hydrogen-bond acceptors (Lipinski definition) is 3. The van der Waals surface area contributed by atoms with Gasteiger partial charge in [-0.15, -0.1) is 0 Å². The lowest BCUT2D eigenvalue weighted by molar-refractivity contribution is -0.147. The standard InChI is InChI=1S/C18H21NO4/c1-11-7-8-14(18(21)22)10-19(11)17(20)12(2)16-9-13-5-3-4-6-15(13)23-16/h3-6,9,11-12,14H,7-8,10H2,1-2H3,(H,21,22). The van der Waals surface area contributed by atoms with E-state index in [1.165, 1.54) is 0 Å². The lowest BCUT2D eigenvalue weighted by atomic mass is 9.92. The van der Waals surface area contributed by atoms with Gasteiger partial charge in [0.15, 0.2) is 0 Å². The van der Waals surface area contributed by atoms with Crippen molar-refractivity contribution in [2.24, 2.45) is 5.92 Å². The van der Waals surface area contributed by atoms with Crippen LogP contribution >= 0.6 is 0 Å². The second-order valence-corrected chi connectivity index (χ2v) is 6.36. The van der Waals surface area contributed by atoms with Gasteiger partial charge in [0, 0.05) is 18.0 Å². The summed E-state index contributed by atoms with van der Waals surface area (Å²) in [6, 6.07) is 9.60. The first kappa shape index (κ1) is 15.6. The fraction of sp³-hybridized carbons (Fsp3) is 0.444. The molecule has 1 amide bonds. The first-order chi connectivity index (χ1) is 11.0. The van der Waals surface area contributed by atoms with Crippen LogP contribution < -0.4 is 0 Å². The zero-order valence-corrected chi connectivity index (χ0v) is 13.4. The van der Waals surface area contributed by atoms with Crippen LogP contribution in [0.2, 0.25) is 0 Å². The van der Waals surface area contributed by atoms with Crippen LogP contribution in [0.25, 0.3) is 11.0 Å². The minimum absolute atomic E-state index is 0.0601. The Bertz CT molecular complexity index is 702. The van der Waals surface area contributed by atoms with Crippen LogP contribution in [-0.4, -0.2) is 34.5 Å². The number of aliphatic carboxylic acids is 1. The van der Waals surface area contributed by atoms with Crippen LogP contribution in [0.1, 0.15) is 38.4 Å². The Morgan fingerprint density at radius 2 is 2.04 bits per heavy atom. The second kappa shape index (κ2) is 6.07. The van der Waals surface area contributed by atoms with Crippen LogP contribution in [0, 0.1) is 5.92 Å². The largest absolute Gasteiger partial charge is 0.481 e. The van der Waals surface area contributed by atoms with Crippen molar-refractivity contribution in [1.29, 1.82) is 0 Å². The fourth-order valence-corrected chi connectivity index (χ4v) is 3.20. The number of carboxylic acid groups (broad SMARTS) is 1. The first-order valence-electron chi connectivity index (χ1n) is 7.99. The molecule has 1 aliphatic rings. The molecule has 0 saturated carbocycles. The van der Waals surface area contributed by atoms with Crippen LogP contribution in [0.5, 0.6) is 0 Å². The Balaban J connectivity index is 1.81. The Morgan fingerprint density at radius 1 is 1.30 bits per heavy atom. The number of carboxylic acids is 1. The minimum Gasteiger partial charge on any atom is -0.481 e. The van der Waals surface area contributed by atoms with Gasteiger partial charge < -0.3 is 14.4 Å². The summed E-state index contributed by atoms with van der Waals surface area (Å²) < 4.78 is 5.79. The van der Waals surface area contributed by atoms with Crippen LogP contribution in [0.4, 0.5) is 0 Å². The van der Waals surface area contributed by atoms with Crippen molar-refractivity contribution in [2.45, 2.75) is 38.6 Å². The van der Waals surface area contributed by atoms with Crippen molar-refractivity contribution in [3.05, 3.63) is 36.1 Å². The third-order valence-corrected chi connectivity index (χ3v) is 4.76. The molecule has 5 heteroatoms. The molecule has 122 valence electrons. The average molecular weight is 315 g/mol. The number of para-hydroxylation sites is 1. The summed E-state index contributed by atoms with van der Waals surface area (Å²) in [6.45, 7) is 4.07. The highest BCUT2D eigenvalue weighted by Gasteiger charge is 2.35. The van der Waals surface area contributed by atoms with E-state index in [9.17, 15) is 14.7 Å². The number of benzene rings is 1. The number of likely N-dealkylation sites (tertiary alicyclic amines) is 1. The SMILES string of the molecule is CC(C(=O)N1CC(C(=O)O)CCC1C)c1cc2ccccc2o1. The number of carbonyl (C=O) groups excluding carboxylic acids is 1. The Hall–Kier alpha value is -2.30. The molecule has 1 aromatic carbocycles. The van der Waals surface area contributed by atoms with Crippen LogP contribution in [-0.2, 0) is 9.59 Å². The summed E-state index contributed by atoms with van der Waals surface area (Å²) in [4.78, 5) is 25.8. The molecule has 3 unspecified atom stereocenters. The summed E-state index contributed by atoms with van der Waals surface area (Å²) in [5, 5.41) is 10.2. The van der Waals surface area contributed by atoms with E-state index in [0.29, 0.717) is 12.2 Å². The number of amides is 1. The molecular weight excluding hydrogens is 294 g/mol. The van der Waals surface area contributed by atoms with Crippen molar-refractivity contribution in [1.82, 2.24) is 4.90 Å². The summed E-state index contributed by atoms with van der Waals surface area (Å²) in [5.74, 6) is -1.16. The van der Waals surface area contributed by atoms with E-state index in [1.807, 2.05) is 44.2 Å². The molecule has 1 saturated heterocycles. The van der Waals surface area contributed by atoms with Crippen molar-refractivity contribution in [3.63, 3.8) is 0 Å². The van der Waals surface area contributed by atoms with E-state index in [1.54, 1.807) is 4.90 Å². The Morgan fingerprint density at radius 3 is 2.74 bits per heavy atom. The van der Waals surface area contributed by atoms with E-state index in [-0.39, 0.29) is 18.5 Å². The highest BCUT2D eigenvalue weighted by Crippen LogP contribution is 2.29. The number of furan rings is 1. The molecule has 2 aromatic rings. The van der Waals surface area contributed by atoms with E-state index < -0.39 is 17.8 Å². The predicted molar refractivity (Wildman–Crippen MR) is 86.2 cm³/mol. The molecule has 1 N–H and O–H groups in total. The van der Waals surface area contributed by atoms with Gasteiger partial charge in [-0.25, -0.2) is 0 Å². The number of rotatable bonds is 3. The maximum absolute atomic E-state index is 12.8. The van der Waals surface area contributed by atoms with E-state index in [4.69, 9.17) is 4.42 Å². The summed E-state index contributed by atoms with van der Waals surface area (Å²) >= 11 is 0.